The monoisotopic (exact) mass is 206 g/mol. The van der Waals surface area contributed by atoms with E-state index in [1.807, 2.05) is 12.1 Å². The predicted octanol–water partition coefficient (Wildman–Crippen LogP) is 3.05. The Labute approximate surface area is 91.3 Å². The predicted molar refractivity (Wildman–Crippen MR) is 61.3 cm³/mol. The molecular formula is C13H18O2. The lowest BCUT2D eigenvalue weighted by Crippen LogP contribution is -2.00. The average molecular weight is 206 g/mol. The van der Waals surface area contributed by atoms with E-state index in [2.05, 4.69) is 19.9 Å². The van der Waals surface area contributed by atoms with Gasteiger partial charge in [-0.1, -0.05) is 6.07 Å². The van der Waals surface area contributed by atoms with Crippen molar-refractivity contribution < 1.29 is 9.53 Å². The Morgan fingerprint density at radius 2 is 2.00 bits per heavy atom. The van der Waals surface area contributed by atoms with E-state index in [4.69, 9.17) is 4.74 Å². The smallest absolute Gasteiger partial charge is 0.129 e. The molecule has 0 N–H and O–H groups in total. The number of benzene rings is 1. The molecule has 82 valence electrons. The third-order valence-corrected chi connectivity index (χ3v) is 2.42. The second kappa shape index (κ2) is 5.54. The van der Waals surface area contributed by atoms with Crippen molar-refractivity contribution >= 4 is 5.78 Å². The SMILES string of the molecule is CC(=O)CCCOc1ccc(C)c(C)c1. The number of ketones is 1. The van der Waals surface area contributed by atoms with Crippen LogP contribution in [0.5, 0.6) is 5.75 Å². The lowest BCUT2D eigenvalue weighted by Gasteiger charge is -2.07. The van der Waals surface area contributed by atoms with Gasteiger partial charge in [0.25, 0.3) is 0 Å². The molecule has 0 unspecified atom stereocenters. The molecule has 15 heavy (non-hydrogen) atoms. The van der Waals surface area contributed by atoms with Crippen LogP contribution >= 0.6 is 0 Å². The van der Waals surface area contributed by atoms with Gasteiger partial charge in [0.05, 0.1) is 6.61 Å². The molecule has 1 aromatic rings. The highest BCUT2D eigenvalue weighted by atomic mass is 16.5. The highest BCUT2D eigenvalue weighted by molar-refractivity contribution is 5.75. The maximum Gasteiger partial charge on any atom is 0.129 e. The molecule has 0 atom stereocenters. The van der Waals surface area contributed by atoms with Crippen molar-refractivity contribution in [2.75, 3.05) is 6.61 Å². The largest absolute Gasteiger partial charge is 0.494 e. The molecule has 0 fully saturated rings. The lowest BCUT2D eigenvalue weighted by molar-refractivity contribution is -0.117. The van der Waals surface area contributed by atoms with E-state index in [1.54, 1.807) is 6.92 Å². The summed E-state index contributed by atoms with van der Waals surface area (Å²) >= 11 is 0. The van der Waals surface area contributed by atoms with Crippen LogP contribution in [-0.4, -0.2) is 12.4 Å². The summed E-state index contributed by atoms with van der Waals surface area (Å²) < 4.78 is 5.54. The fourth-order valence-corrected chi connectivity index (χ4v) is 1.31. The second-order valence-corrected chi connectivity index (χ2v) is 3.90. The van der Waals surface area contributed by atoms with Crippen LogP contribution in [0, 0.1) is 13.8 Å². The highest BCUT2D eigenvalue weighted by Gasteiger charge is 1.98. The number of carbonyl (C=O) groups excluding carboxylic acids is 1. The molecule has 0 saturated heterocycles. The average Bonchev–Trinajstić information content (AvgIpc) is 2.18. The number of carbonyl (C=O) groups is 1. The van der Waals surface area contributed by atoms with Crippen molar-refractivity contribution in [2.45, 2.75) is 33.6 Å². The van der Waals surface area contributed by atoms with Gasteiger partial charge in [0.1, 0.15) is 11.5 Å². The maximum atomic E-state index is 10.7. The molecule has 0 aliphatic rings. The quantitative estimate of drug-likeness (QED) is 0.692. The summed E-state index contributed by atoms with van der Waals surface area (Å²) in [4.78, 5) is 10.7. The summed E-state index contributed by atoms with van der Waals surface area (Å²) in [5, 5.41) is 0. The van der Waals surface area contributed by atoms with Crippen molar-refractivity contribution in [3.8, 4) is 5.75 Å². The molecule has 0 spiro atoms. The molecule has 0 aliphatic carbocycles. The molecule has 0 amide bonds. The Balaban J connectivity index is 2.38. The van der Waals surface area contributed by atoms with Gasteiger partial charge in [0, 0.05) is 6.42 Å². The zero-order valence-corrected chi connectivity index (χ0v) is 9.67. The van der Waals surface area contributed by atoms with Crippen LogP contribution in [0.4, 0.5) is 0 Å². The van der Waals surface area contributed by atoms with Crippen molar-refractivity contribution in [1.29, 1.82) is 0 Å². The fraction of sp³-hybridized carbons (Fsp3) is 0.462. The van der Waals surface area contributed by atoms with Gasteiger partial charge in [-0.2, -0.15) is 0 Å². The van der Waals surface area contributed by atoms with Crippen LogP contribution in [0.15, 0.2) is 18.2 Å². The van der Waals surface area contributed by atoms with Crippen LogP contribution in [0.1, 0.15) is 30.9 Å². The van der Waals surface area contributed by atoms with E-state index in [9.17, 15) is 4.79 Å². The van der Waals surface area contributed by atoms with E-state index in [1.165, 1.54) is 11.1 Å². The first kappa shape index (κ1) is 11.8. The third-order valence-electron chi connectivity index (χ3n) is 2.42. The Morgan fingerprint density at radius 1 is 1.27 bits per heavy atom. The molecule has 2 heteroatoms. The van der Waals surface area contributed by atoms with Gasteiger partial charge in [-0.25, -0.2) is 0 Å². The number of hydrogen-bond donors (Lipinski definition) is 0. The highest BCUT2D eigenvalue weighted by Crippen LogP contribution is 2.16. The van der Waals surface area contributed by atoms with Gasteiger partial charge in [-0.3, -0.25) is 0 Å². The first-order valence-electron chi connectivity index (χ1n) is 5.29. The number of aryl methyl sites for hydroxylation is 2. The van der Waals surface area contributed by atoms with Gasteiger partial charge < -0.3 is 9.53 Å². The molecule has 0 aliphatic heterocycles. The van der Waals surface area contributed by atoms with Gasteiger partial charge in [-0.15, -0.1) is 0 Å². The van der Waals surface area contributed by atoms with Crippen LogP contribution in [0.25, 0.3) is 0 Å². The van der Waals surface area contributed by atoms with E-state index < -0.39 is 0 Å². The minimum atomic E-state index is 0.221. The molecule has 2 nitrogen and oxygen atoms in total. The molecule has 0 aromatic heterocycles. The maximum absolute atomic E-state index is 10.7. The molecule has 0 bridgehead atoms. The molecule has 0 radical (unpaired) electrons. The summed E-state index contributed by atoms with van der Waals surface area (Å²) in [5.74, 6) is 1.11. The Bertz CT molecular complexity index is 342. The molecule has 0 saturated carbocycles. The summed E-state index contributed by atoms with van der Waals surface area (Å²) in [7, 11) is 0. The molecule has 1 rings (SSSR count). The minimum Gasteiger partial charge on any atom is -0.494 e. The van der Waals surface area contributed by atoms with Crippen molar-refractivity contribution in [3.63, 3.8) is 0 Å². The standard InChI is InChI=1S/C13H18O2/c1-10-6-7-13(9-11(10)2)15-8-4-5-12(3)14/h6-7,9H,4-5,8H2,1-3H3. The normalized spacial score (nSPS) is 10.1. The Hall–Kier alpha value is -1.31. The second-order valence-electron chi connectivity index (χ2n) is 3.90. The number of rotatable bonds is 5. The lowest BCUT2D eigenvalue weighted by atomic mass is 10.1. The first-order chi connectivity index (χ1) is 7.09. The minimum absolute atomic E-state index is 0.221. The topological polar surface area (TPSA) is 26.3 Å². The van der Waals surface area contributed by atoms with Gasteiger partial charge in [0.15, 0.2) is 0 Å². The number of Topliss-reactive ketones (excluding diaryl/α,β-unsaturated/α-hetero) is 1. The van der Waals surface area contributed by atoms with E-state index in [0.29, 0.717) is 13.0 Å². The summed E-state index contributed by atoms with van der Waals surface area (Å²) in [5.41, 5.74) is 2.50. The molecule has 1 aromatic carbocycles. The van der Waals surface area contributed by atoms with Crippen LogP contribution in [0.2, 0.25) is 0 Å². The van der Waals surface area contributed by atoms with Crippen LogP contribution < -0.4 is 4.74 Å². The van der Waals surface area contributed by atoms with Gasteiger partial charge in [-0.05, 0) is 50.5 Å². The van der Waals surface area contributed by atoms with E-state index >= 15 is 0 Å². The zero-order valence-electron chi connectivity index (χ0n) is 9.67. The summed E-state index contributed by atoms with van der Waals surface area (Å²) in [6.07, 6.45) is 1.40. The molecule has 0 heterocycles. The van der Waals surface area contributed by atoms with Gasteiger partial charge in [0.2, 0.25) is 0 Å². The zero-order chi connectivity index (χ0) is 11.3. The van der Waals surface area contributed by atoms with Gasteiger partial charge >= 0.3 is 0 Å². The Morgan fingerprint density at radius 3 is 2.60 bits per heavy atom. The number of hydrogen-bond acceptors (Lipinski definition) is 2. The summed E-state index contributed by atoms with van der Waals surface area (Å²) in [6.45, 7) is 6.37. The van der Waals surface area contributed by atoms with E-state index in [0.717, 1.165) is 12.2 Å². The first-order valence-corrected chi connectivity index (χ1v) is 5.29. The molecular weight excluding hydrogens is 188 g/mol. The van der Waals surface area contributed by atoms with Crippen LogP contribution in [-0.2, 0) is 4.79 Å². The van der Waals surface area contributed by atoms with Crippen molar-refractivity contribution in [2.24, 2.45) is 0 Å². The third kappa shape index (κ3) is 4.15. The fourth-order valence-electron chi connectivity index (χ4n) is 1.31. The summed E-state index contributed by atoms with van der Waals surface area (Å²) in [6, 6.07) is 6.05. The van der Waals surface area contributed by atoms with Crippen LogP contribution in [0.3, 0.4) is 0 Å². The van der Waals surface area contributed by atoms with E-state index in [-0.39, 0.29) is 5.78 Å². The van der Waals surface area contributed by atoms with Crippen molar-refractivity contribution in [3.05, 3.63) is 29.3 Å². The van der Waals surface area contributed by atoms with Crippen molar-refractivity contribution in [1.82, 2.24) is 0 Å². The Kier molecular flexibility index (Phi) is 4.35. The number of ether oxygens (including phenoxy) is 1.